The van der Waals surface area contributed by atoms with Crippen molar-refractivity contribution in [2.75, 3.05) is 0 Å². The lowest BCUT2D eigenvalue weighted by Gasteiger charge is -2.30. The zero-order valence-electron chi connectivity index (χ0n) is 19.7. The fourth-order valence-corrected chi connectivity index (χ4v) is 3.85. The Labute approximate surface area is 184 Å². The Hall–Kier alpha value is -1.84. The number of hydroxylamine groups is 1. The number of ether oxygens (including phenoxy) is 1. The number of benzene rings is 2. The first-order valence-electron chi connectivity index (χ1n) is 11.7. The molecule has 0 radical (unpaired) electrons. The van der Waals surface area contributed by atoms with Gasteiger partial charge in [0, 0.05) is 0 Å². The van der Waals surface area contributed by atoms with Crippen molar-refractivity contribution in [3.05, 3.63) is 65.2 Å². The SMILES string of the molecule is CCCCCCCCc1ccccc1OC(C)ONC(C)(C)c1ccccc1CC. The Morgan fingerprint density at radius 2 is 1.47 bits per heavy atom. The van der Waals surface area contributed by atoms with Gasteiger partial charge in [-0.15, -0.1) is 0 Å². The molecule has 0 saturated carbocycles. The van der Waals surface area contributed by atoms with Crippen LogP contribution in [0.4, 0.5) is 0 Å². The van der Waals surface area contributed by atoms with Crippen LogP contribution in [-0.2, 0) is 23.2 Å². The Balaban J connectivity index is 1.88. The highest BCUT2D eigenvalue weighted by Gasteiger charge is 2.24. The van der Waals surface area contributed by atoms with Gasteiger partial charge in [0.05, 0.1) is 5.54 Å². The fourth-order valence-electron chi connectivity index (χ4n) is 3.85. The molecule has 166 valence electrons. The first kappa shape index (κ1) is 24.4. The van der Waals surface area contributed by atoms with E-state index >= 15 is 0 Å². The molecule has 0 aliphatic carbocycles. The average Bonchev–Trinajstić information content (AvgIpc) is 2.76. The van der Waals surface area contributed by atoms with Crippen LogP contribution in [0.5, 0.6) is 5.75 Å². The van der Waals surface area contributed by atoms with E-state index in [9.17, 15) is 0 Å². The molecule has 3 nitrogen and oxygen atoms in total. The van der Waals surface area contributed by atoms with Gasteiger partial charge in [-0.25, -0.2) is 0 Å². The smallest absolute Gasteiger partial charge is 0.215 e. The van der Waals surface area contributed by atoms with Crippen LogP contribution in [0, 0.1) is 0 Å². The molecule has 1 unspecified atom stereocenters. The predicted octanol–water partition coefficient (Wildman–Crippen LogP) is 7.33. The number of rotatable bonds is 14. The Kier molecular flexibility index (Phi) is 10.4. The van der Waals surface area contributed by atoms with Crippen LogP contribution in [0.3, 0.4) is 0 Å². The van der Waals surface area contributed by atoms with Crippen LogP contribution >= 0.6 is 0 Å². The van der Waals surface area contributed by atoms with Crippen molar-refractivity contribution in [1.29, 1.82) is 0 Å². The van der Waals surface area contributed by atoms with E-state index in [0.717, 1.165) is 18.6 Å². The molecule has 0 aliphatic rings. The first-order valence-corrected chi connectivity index (χ1v) is 11.7. The van der Waals surface area contributed by atoms with Gasteiger partial charge in [0.1, 0.15) is 5.75 Å². The zero-order chi connectivity index (χ0) is 21.8. The van der Waals surface area contributed by atoms with Crippen LogP contribution in [0.2, 0.25) is 0 Å². The van der Waals surface area contributed by atoms with Gasteiger partial charge >= 0.3 is 0 Å². The summed E-state index contributed by atoms with van der Waals surface area (Å²) in [5, 5.41) is 0. The maximum Gasteiger partial charge on any atom is 0.215 e. The molecule has 1 atom stereocenters. The van der Waals surface area contributed by atoms with Gasteiger partial charge in [0.2, 0.25) is 6.29 Å². The first-order chi connectivity index (χ1) is 14.5. The summed E-state index contributed by atoms with van der Waals surface area (Å²) in [4.78, 5) is 5.92. The van der Waals surface area contributed by atoms with Gasteiger partial charge in [-0.05, 0) is 62.8 Å². The molecular formula is C27H41NO2. The number of hydrogen-bond donors (Lipinski definition) is 1. The highest BCUT2D eigenvalue weighted by Crippen LogP contribution is 2.26. The maximum absolute atomic E-state index is 6.14. The van der Waals surface area contributed by atoms with Gasteiger partial charge in [0.15, 0.2) is 0 Å². The van der Waals surface area contributed by atoms with Crippen molar-refractivity contribution in [3.8, 4) is 5.75 Å². The normalized spacial score (nSPS) is 12.7. The quantitative estimate of drug-likeness (QED) is 0.200. The lowest BCUT2D eigenvalue weighted by atomic mass is 9.90. The number of nitrogens with one attached hydrogen (secondary N) is 1. The van der Waals surface area contributed by atoms with Crippen LogP contribution in [0.1, 0.15) is 89.8 Å². The summed E-state index contributed by atoms with van der Waals surface area (Å²) >= 11 is 0. The minimum Gasteiger partial charge on any atom is -0.463 e. The molecular weight excluding hydrogens is 370 g/mol. The second-order valence-electron chi connectivity index (χ2n) is 8.67. The van der Waals surface area contributed by atoms with Crippen molar-refractivity contribution in [2.45, 2.75) is 97.8 Å². The summed E-state index contributed by atoms with van der Waals surface area (Å²) < 4.78 is 6.14. The summed E-state index contributed by atoms with van der Waals surface area (Å²) in [6, 6.07) is 16.8. The van der Waals surface area contributed by atoms with Crippen LogP contribution in [0.15, 0.2) is 48.5 Å². The lowest BCUT2D eigenvalue weighted by Crippen LogP contribution is -2.40. The van der Waals surface area contributed by atoms with Gasteiger partial charge < -0.3 is 4.74 Å². The summed E-state index contributed by atoms with van der Waals surface area (Å²) in [6.07, 6.45) is 9.48. The largest absolute Gasteiger partial charge is 0.463 e. The van der Waals surface area contributed by atoms with Crippen molar-refractivity contribution in [1.82, 2.24) is 5.48 Å². The number of unbranched alkanes of at least 4 members (excludes halogenated alkanes) is 5. The van der Waals surface area contributed by atoms with E-state index in [1.54, 1.807) is 0 Å². The van der Waals surface area contributed by atoms with E-state index in [4.69, 9.17) is 9.57 Å². The maximum atomic E-state index is 6.14. The standard InChI is InChI=1S/C27H41NO2/c1-6-8-9-10-11-12-18-24-19-14-16-21-26(24)29-22(3)30-28-27(4,5)25-20-15-13-17-23(25)7-2/h13-17,19-22,28H,6-12,18H2,1-5H3. The van der Waals surface area contributed by atoms with Crippen LogP contribution < -0.4 is 10.2 Å². The molecule has 2 aromatic carbocycles. The number of hydrogen-bond acceptors (Lipinski definition) is 3. The Morgan fingerprint density at radius 3 is 2.20 bits per heavy atom. The van der Waals surface area contributed by atoms with E-state index in [1.165, 1.54) is 55.2 Å². The molecule has 0 amide bonds. The van der Waals surface area contributed by atoms with Gasteiger partial charge in [-0.3, -0.25) is 4.84 Å². The van der Waals surface area contributed by atoms with Crippen LogP contribution in [0.25, 0.3) is 0 Å². The second-order valence-corrected chi connectivity index (χ2v) is 8.67. The average molecular weight is 412 g/mol. The number of para-hydroxylation sites is 1. The number of aryl methyl sites for hydroxylation is 2. The summed E-state index contributed by atoms with van der Waals surface area (Å²) in [6.45, 7) is 10.7. The van der Waals surface area contributed by atoms with Crippen molar-refractivity contribution < 1.29 is 9.57 Å². The molecule has 0 aliphatic heterocycles. The van der Waals surface area contributed by atoms with Crippen molar-refractivity contribution in [2.24, 2.45) is 0 Å². The van der Waals surface area contributed by atoms with E-state index < -0.39 is 0 Å². The molecule has 0 heterocycles. The second kappa shape index (κ2) is 12.8. The summed E-state index contributed by atoms with van der Waals surface area (Å²) in [7, 11) is 0. The van der Waals surface area contributed by atoms with Gasteiger partial charge in [0.25, 0.3) is 0 Å². The van der Waals surface area contributed by atoms with Crippen molar-refractivity contribution >= 4 is 0 Å². The van der Waals surface area contributed by atoms with Gasteiger partial charge in [-0.1, -0.05) is 88.4 Å². The highest BCUT2D eigenvalue weighted by atomic mass is 16.8. The van der Waals surface area contributed by atoms with E-state index in [1.807, 2.05) is 19.1 Å². The molecule has 30 heavy (non-hydrogen) atoms. The van der Waals surface area contributed by atoms with E-state index in [-0.39, 0.29) is 11.8 Å². The third-order valence-electron chi connectivity index (χ3n) is 5.62. The predicted molar refractivity (Wildman–Crippen MR) is 127 cm³/mol. The van der Waals surface area contributed by atoms with Gasteiger partial charge in [-0.2, -0.15) is 5.48 Å². The topological polar surface area (TPSA) is 30.5 Å². The Morgan fingerprint density at radius 1 is 0.833 bits per heavy atom. The molecule has 0 spiro atoms. The van der Waals surface area contributed by atoms with Crippen LogP contribution in [-0.4, -0.2) is 6.29 Å². The molecule has 0 bridgehead atoms. The summed E-state index contributed by atoms with van der Waals surface area (Å²) in [5.41, 5.74) is 6.78. The lowest BCUT2D eigenvalue weighted by molar-refractivity contribution is -0.145. The fraction of sp³-hybridized carbons (Fsp3) is 0.556. The Bertz CT molecular complexity index is 741. The molecule has 0 fully saturated rings. The zero-order valence-corrected chi connectivity index (χ0v) is 19.7. The third-order valence-corrected chi connectivity index (χ3v) is 5.62. The highest BCUT2D eigenvalue weighted by molar-refractivity contribution is 5.34. The van der Waals surface area contributed by atoms with Crippen molar-refractivity contribution in [3.63, 3.8) is 0 Å². The minimum atomic E-state index is -0.385. The molecule has 0 saturated heterocycles. The monoisotopic (exact) mass is 411 g/mol. The molecule has 2 aromatic rings. The third kappa shape index (κ3) is 7.77. The summed E-state index contributed by atoms with van der Waals surface area (Å²) in [5.74, 6) is 0.923. The van der Waals surface area contributed by atoms with E-state index in [0.29, 0.717) is 0 Å². The molecule has 0 aromatic heterocycles. The minimum absolute atomic E-state index is 0.303. The molecule has 3 heteroatoms. The molecule has 1 N–H and O–H groups in total. The van der Waals surface area contributed by atoms with E-state index in [2.05, 4.69) is 69.6 Å². The molecule has 2 rings (SSSR count).